The summed E-state index contributed by atoms with van der Waals surface area (Å²) >= 11 is 0. The molecule has 0 unspecified atom stereocenters. The van der Waals surface area contributed by atoms with Crippen LogP contribution < -0.4 is 0 Å². The molecule has 0 aromatic heterocycles. The molecule has 0 atom stereocenters. The van der Waals surface area contributed by atoms with Crippen LogP contribution in [-0.2, 0) is 6.42 Å². The number of rotatable bonds is 2. The largest absolute Gasteiger partial charge is 0.392 e. The zero-order valence-corrected chi connectivity index (χ0v) is 9.74. The maximum absolute atomic E-state index is 8.86. The van der Waals surface area contributed by atoms with Crippen molar-refractivity contribution in [2.45, 2.75) is 26.2 Å². The van der Waals surface area contributed by atoms with E-state index in [1.165, 1.54) is 29.5 Å². The van der Waals surface area contributed by atoms with Gasteiger partial charge in [-0.25, -0.2) is 0 Å². The van der Waals surface area contributed by atoms with Crippen molar-refractivity contribution in [3.05, 3.63) is 53.1 Å². The first-order valence-corrected chi connectivity index (χ1v) is 5.87. The molecule has 1 aliphatic carbocycles. The lowest BCUT2D eigenvalue weighted by Gasteiger charge is -2.18. The topological polar surface area (TPSA) is 20.2 Å². The zero-order chi connectivity index (χ0) is 11.4. The maximum Gasteiger partial charge on any atom is 0.0617 e. The highest BCUT2D eigenvalue weighted by Crippen LogP contribution is 2.31. The third kappa shape index (κ3) is 2.42. The van der Waals surface area contributed by atoms with E-state index in [0.717, 1.165) is 12.0 Å². The van der Waals surface area contributed by atoms with Crippen LogP contribution in [0.4, 0.5) is 0 Å². The molecular formula is C15H18O. The van der Waals surface area contributed by atoms with Gasteiger partial charge in [-0.3, -0.25) is 0 Å². The van der Waals surface area contributed by atoms with Gasteiger partial charge in [0.1, 0.15) is 0 Å². The van der Waals surface area contributed by atoms with Crippen LogP contribution in [0.3, 0.4) is 0 Å². The Morgan fingerprint density at radius 3 is 2.94 bits per heavy atom. The molecule has 1 heteroatoms. The molecular weight excluding hydrogens is 196 g/mol. The Balaban J connectivity index is 2.35. The molecule has 1 aliphatic rings. The lowest BCUT2D eigenvalue weighted by atomic mass is 9.86. The highest BCUT2D eigenvalue weighted by atomic mass is 16.2. The summed E-state index contributed by atoms with van der Waals surface area (Å²) < 4.78 is 0. The molecule has 0 radical (unpaired) electrons. The Morgan fingerprint density at radius 2 is 2.12 bits per heavy atom. The third-order valence-corrected chi connectivity index (χ3v) is 3.07. The van der Waals surface area contributed by atoms with E-state index in [-0.39, 0.29) is 6.61 Å². The third-order valence-electron chi connectivity index (χ3n) is 3.07. The van der Waals surface area contributed by atoms with Crippen LogP contribution >= 0.6 is 0 Å². The fraction of sp³-hybridized carbons (Fsp3) is 0.333. The van der Waals surface area contributed by atoms with Crippen molar-refractivity contribution in [3.63, 3.8) is 0 Å². The van der Waals surface area contributed by atoms with Gasteiger partial charge in [0.05, 0.1) is 6.61 Å². The number of hydrogen-bond donors (Lipinski definition) is 1. The van der Waals surface area contributed by atoms with Gasteiger partial charge < -0.3 is 5.11 Å². The van der Waals surface area contributed by atoms with Gasteiger partial charge in [0.25, 0.3) is 0 Å². The average molecular weight is 214 g/mol. The molecule has 0 bridgehead atoms. The van der Waals surface area contributed by atoms with Crippen LogP contribution in [-0.4, -0.2) is 11.7 Å². The highest BCUT2D eigenvalue weighted by Gasteiger charge is 2.12. The monoisotopic (exact) mass is 214 g/mol. The minimum Gasteiger partial charge on any atom is -0.392 e. The number of aliphatic hydroxyl groups excluding tert-OH is 1. The number of fused-ring (bicyclic) bond motifs is 1. The van der Waals surface area contributed by atoms with Crippen molar-refractivity contribution in [2.75, 3.05) is 6.61 Å². The molecule has 1 aromatic rings. The molecule has 0 aliphatic heterocycles. The second-order valence-electron chi connectivity index (χ2n) is 4.31. The van der Waals surface area contributed by atoms with Crippen molar-refractivity contribution >= 4 is 5.57 Å². The number of benzene rings is 1. The predicted octanol–water partition coefficient (Wildman–Crippen LogP) is 3.34. The molecule has 2 rings (SSSR count). The summed E-state index contributed by atoms with van der Waals surface area (Å²) in [7, 11) is 0. The first-order chi connectivity index (χ1) is 7.81. The molecule has 16 heavy (non-hydrogen) atoms. The van der Waals surface area contributed by atoms with Gasteiger partial charge in [0.2, 0.25) is 0 Å². The van der Waals surface area contributed by atoms with Gasteiger partial charge in [-0.1, -0.05) is 42.0 Å². The lowest BCUT2D eigenvalue weighted by molar-refractivity contribution is 0.342. The zero-order valence-electron chi connectivity index (χ0n) is 9.74. The van der Waals surface area contributed by atoms with Crippen molar-refractivity contribution in [2.24, 2.45) is 0 Å². The SMILES string of the molecule is CC(=CCO)C=C1CCCc2ccccc21. The van der Waals surface area contributed by atoms with E-state index in [1.807, 2.05) is 13.0 Å². The van der Waals surface area contributed by atoms with Crippen molar-refractivity contribution < 1.29 is 5.11 Å². The van der Waals surface area contributed by atoms with E-state index >= 15 is 0 Å². The summed E-state index contributed by atoms with van der Waals surface area (Å²) in [6.45, 7) is 2.16. The van der Waals surface area contributed by atoms with Gasteiger partial charge in [0, 0.05) is 0 Å². The Bertz CT molecular complexity index is 427. The van der Waals surface area contributed by atoms with E-state index in [0.29, 0.717) is 0 Å². The fourth-order valence-electron chi connectivity index (χ4n) is 2.28. The number of aliphatic hydroxyl groups is 1. The molecule has 0 saturated heterocycles. The molecule has 0 heterocycles. The standard InChI is InChI=1S/C15H18O/c1-12(9-10-16)11-14-7-4-6-13-5-2-3-8-15(13)14/h2-3,5,8-9,11,16H,4,6-7,10H2,1H3. The molecule has 1 nitrogen and oxygen atoms in total. The Kier molecular flexibility index (Phi) is 3.58. The number of allylic oxidation sites excluding steroid dienone is 3. The van der Waals surface area contributed by atoms with E-state index in [1.54, 1.807) is 0 Å². The van der Waals surface area contributed by atoms with E-state index in [4.69, 9.17) is 5.11 Å². The van der Waals surface area contributed by atoms with Crippen LogP contribution in [0.25, 0.3) is 5.57 Å². The molecule has 0 amide bonds. The number of aryl methyl sites for hydroxylation is 1. The lowest BCUT2D eigenvalue weighted by Crippen LogP contribution is -2.01. The first-order valence-electron chi connectivity index (χ1n) is 5.87. The summed E-state index contributed by atoms with van der Waals surface area (Å²) in [6, 6.07) is 8.63. The molecule has 1 N–H and O–H groups in total. The molecule has 84 valence electrons. The van der Waals surface area contributed by atoms with E-state index in [9.17, 15) is 0 Å². The van der Waals surface area contributed by atoms with E-state index in [2.05, 4.69) is 30.3 Å². The van der Waals surface area contributed by atoms with Crippen molar-refractivity contribution in [1.29, 1.82) is 0 Å². The van der Waals surface area contributed by atoms with Crippen LogP contribution in [0.15, 0.2) is 42.0 Å². The normalized spacial score (nSPS) is 18.6. The van der Waals surface area contributed by atoms with E-state index < -0.39 is 0 Å². The Morgan fingerprint density at radius 1 is 1.31 bits per heavy atom. The Labute approximate surface area is 97.1 Å². The molecule has 0 spiro atoms. The van der Waals surface area contributed by atoms with Gasteiger partial charge in [-0.15, -0.1) is 0 Å². The van der Waals surface area contributed by atoms with Crippen molar-refractivity contribution in [3.8, 4) is 0 Å². The van der Waals surface area contributed by atoms with Gasteiger partial charge in [-0.05, 0) is 42.9 Å². The number of hydrogen-bond acceptors (Lipinski definition) is 1. The summed E-state index contributed by atoms with van der Waals surface area (Å²) in [4.78, 5) is 0. The average Bonchev–Trinajstić information content (AvgIpc) is 2.30. The van der Waals surface area contributed by atoms with Crippen LogP contribution in [0.2, 0.25) is 0 Å². The Hall–Kier alpha value is -1.34. The second kappa shape index (κ2) is 5.13. The first kappa shape index (κ1) is 11.2. The molecule has 0 fully saturated rings. The second-order valence-corrected chi connectivity index (χ2v) is 4.31. The quantitative estimate of drug-likeness (QED) is 0.800. The predicted molar refractivity (Wildman–Crippen MR) is 68.2 cm³/mol. The van der Waals surface area contributed by atoms with Crippen molar-refractivity contribution in [1.82, 2.24) is 0 Å². The van der Waals surface area contributed by atoms with Gasteiger partial charge in [-0.2, -0.15) is 0 Å². The van der Waals surface area contributed by atoms with Crippen LogP contribution in [0, 0.1) is 0 Å². The van der Waals surface area contributed by atoms with Gasteiger partial charge in [0.15, 0.2) is 0 Å². The van der Waals surface area contributed by atoms with Gasteiger partial charge >= 0.3 is 0 Å². The summed E-state index contributed by atoms with van der Waals surface area (Å²) in [5.74, 6) is 0. The summed E-state index contributed by atoms with van der Waals surface area (Å²) in [5, 5.41) is 8.86. The fourth-order valence-corrected chi connectivity index (χ4v) is 2.28. The maximum atomic E-state index is 8.86. The minimum absolute atomic E-state index is 0.122. The molecule has 0 saturated carbocycles. The summed E-state index contributed by atoms with van der Waals surface area (Å²) in [6.07, 6.45) is 7.62. The van der Waals surface area contributed by atoms with Crippen LogP contribution in [0.1, 0.15) is 30.9 Å². The smallest absolute Gasteiger partial charge is 0.0617 e. The summed E-state index contributed by atoms with van der Waals surface area (Å²) in [5.41, 5.74) is 5.40. The van der Waals surface area contributed by atoms with Crippen LogP contribution in [0.5, 0.6) is 0 Å². The highest BCUT2D eigenvalue weighted by molar-refractivity contribution is 5.71. The molecule has 1 aromatic carbocycles. The minimum atomic E-state index is 0.122.